The molecule has 0 aliphatic rings. The van der Waals surface area contributed by atoms with E-state index in [1.807, 2.05) is 4.98 Å². The van der Waals surface area contributed by atoms with Crippen LogP contribution in [0.4, 0.5) is 0 Å². The molecule has 9 heteroatoms. The van der Waals surface area contributed by atoms with Gasteiger partial charge in [0, 0.05) is 6.20 Å². The molecule has 18 heavy (non-hydrogen) atoms. The van der Waals surface area contributed by atoms with Crippen molar-refractivity contribution >= 4 is 27.8 Å². The highest BCUT2D eigenvalue weighted by molar-refractivity contribution is 9.10. The van der Waals surface area contributed by atoms with Crippen LogP contribution in [0.3, 0.4) is 0 Å². The first-order valence-electron chi connectivity index (χ1n) is 4.82. The van der Waals surface area contributed by atoms with Gasteiger partial charge in [-0.1, -0.05) is 0 Å². The fourth-order valence-electron chi connectivity index (χ4n) is 1.10. The maximum absolute atomic E-state index is 11.4. The second kappa shape index (κ2) is 5.63. The summed E-state index contributed by atoms with van der Waals surface area (Å²) in [6.45, 7) is 0.914. The number of carbonyl (C=O) groups is 2. The zero-order valence-corrected chi connectivity index (χ0v) is 10.9. The lowest BCUT2D eigenvalue weighted by molar-refractivity contribution is -0.141. The molecule has 8 nitrogen and oxygen atoms in total. The van der Waals surface area contributed by atoms with E-state index in [1.165, 1.54) is 6.92 Å². The number of carbonyl (C=O) groups excluding carboxylic acids is 1. The molecule has 0 aliphatic heterocycles. The van der Waals surface area contributed by atoms with Crippen molar-refractivity contribution in [2.24, 2.45) is 0 Å². The third kappa shape index (κ3) is 3.55. The standard InChI is InChI=1S/C9H10BrN3O5/c1-4(8(16)17)11-6(14)3-13-2-5(10)7(15)12-9(13)18/h2,4H,3H2,1H3,(H,11,14)(H,16,17)(H,12,15,18)/t4-/m1/s1. The number of amides is 1. The number of H-pyrrole nitrogens is 1. The molecule has 0 aromatic carbocycles. The Hall–Kier alpha value is -1.90. The molecule has 0 saturated carbocycles. The van der Waals surface area contributed by atoms with Crippen LogP contribution < -0.4 is 16.6 Å². The number of aromatic amines is 1. The van der Waals surface area contributed by atoms with Gasteiger partial charge in [0.25, 0.3) is 5.56 Å². The number of carboxylic acids is 1. The molecule has 0 saturated heterocycles. The molecule has 1 rings (SSSR count). The number of nitrogens with one attached hydrogen (secondary N) is 2. The predicted molar refractivity (Wildman–Crippen MR) is 64.3 cm³/mol. The van der Waals surface area contributed by atoms with Crippen LogP contribution in [-0.4, -0.2) is 32.6 Å². The van der Waals surface area contributed by atoms with Crippen molar-refractivity contribution in [3.05, 3.63) is 31.5 Å². The molecule has 0 bridgehead atoms. The molecule has 1 aromatic heterocycles. The number of aliphatic carboxylic acids is 1. The first kappa shape index (κ1) is 14.2. The third-order valence-corrected chi connectivity index (χ3v) is 2.59. The maximum atomic E-state index is 11.4. The summed E-state index contributed by atoms with van der Waals surface area (Å²) in [5.41, 5.74) is -1.35. The Labute approximate surface area is 109 Å². The van der Waals surface area contributed by atoms with Crippen molar-refractivity contribution in [3.63, 3.8) is 0 Å². The number of rotatable bonds is 4. The molecular formula is C9H10BrN3O5. The Morgan fingerprint density at radius 1 is 1.56 bits per heavy atom. The van der Waals surface area contributed by atoms with Crippen molar-refractivity contribution in [3.8, 4) is 0 Å². The van der Waals surface area contributed by atoms with Gasteiger partial charge in [-0.05, 0) is 22.9 Å². The summed E-state index contributed by atoms with van der Waals surface area (Å²) in [5.74, 6) is -1.83. The smallest absolute Gasteiger partial charge is 0.328 e. The van der Waals surface area contributed by atoms with Gasteiger partial charge in [-0.3, -0.25) is 23.9 Å². The lowest BCUT2D eigenvalue weighted by Crippen LogP contribution is -2.42. The maximum Gasteiger partial charge on any atom is 0.328 e. The lowest BCUT2D eigenvalue weighted by Gasteiger charge is -2.10. The largest absolute Gasteiger partial charge is 0.480 e. The molecule has 0 radical (unpaired) electrons. The third-order valence-electron chi connectivity index (χ3n) is 2.03. The molecule has 1 atom stereocenters. The van der Waals surface area contributed by atoms with Gasteiger partial charge >= 0.3 is 11.7 Å². The molecule has 0 aliphatic carbocycles. The van der Waals surface area contributed by atoms with Gasteiger partial charge in [0.15, 0.2) is 0 Å². The number of nitrogens with zero attached hydrogens (tertiary/aromatic N) is 1. The molecule has 1 heterocycles. The number of halogens is 1. The topological polar surface area (TPSA) is 121 Å². The summed E-state index contributed by atoms with van der Waals surface area (Å²) in [6.07, 6.45) is 1.16. The quantitative estimate of drug-likeness (QED) is 0.649. The zero-order valence-electron chi connectivity index (χ0n) is 9.27. The van der Waals surface area contributed by atoms with Gasteiger partial charge in [0.1, 0.15) is 12.6 Å². The van der Waals surface area contributed by atoms with E-state index < -0.39 is 29.2 Å². The Balaban J connectivity index is 2.83. The minimum Gasteiger partial charge on any atom is -0.480 e. The van der Waals surface area contributed by atoms with Gasteiger partial charge in [-0.2, -0.15) is 0 Å². The van der Waals surface area contributed by atoms with Gasteiger partial charge in [0.2, 0.25) is 5.91 Å². The Kier molecular flexibility index (Phi) is 4.43. The predicted octanol–water partition coefficient (Wildman–Crippen LogP) is -1.11. The van der Waals surface area contributed by atoms with Crippen LogP contribution >= 0.6 is 15.9 Å². The van der Waals surface area contributed by atoms with Crippen LogP contribution in [0.15, 0.2) is 20.3 Å². The fraction of sp³-hybridized carbons (Fsp3) is 0.333. The minimum atomic E-state index is -1.18. The van der Waals surface area contributed by atoms with Crippen LogP contribution in [0.25, 0.3) is 0 Å². The number of carboxylic acid groups (broad SMARTS) is 1. The Morgan fingerprint density at radius 3 is 2.72 bits per heavy atom. The first-order chi connectivity index (χ1) is 8.31. The first-order valence-corrected chi connectivity index (χ1v) is 5.62. The van der Waals surface area contributed by atoms with Crippen LogP contribution in [0.1, 0.15) is 6.92 Å². The number of aromatic nitrogens is 2. The highest BCUT2D eigenvalue weighted by Crippen LogP contribution is 1.97. The van der Waals surface area contributed by atoms with E-state index in [-0.39, 0.29) is 11.0 Å². The van der Waals surface area contributed by atoms with Crippen molar-refractivity contribution in [1.29, 1.82) is 0 Å². The zero-order chi connectivity index (χ0) is 13.9. The second-order valence-electron chi connectivity index (χ2n) is 3.49. The average Bonchev–Trinajstić information content (AvgIpc) is 2.25. The molecule has 3 N–H and O–H groups in total. The van der Waals surface area contributed by atoms with Crippen molar-refractivity contribution in [2.45, 2.75) is 19.5 Å². The molecule has 1 aromatic rings. The molecule has 0 spiro atoms. The monoisotopic (exact) mass is 319 g/mol. The minimum absolute atomic E-state index is 0.0983. The fourth-order valence-corrected chi connectivity index (χ4v) is 1.45. The van der Waals surface area contributed by atoms with Crippen molar-refractivity contribution in [1.82, 2.24) is 14.9 Å². The summed E-state index contributed by atoms with van der Waals surface area (Å²) in [5, 5.41) is 10.8. The SMILES string of the molecule is C[C@@H](NC(=O)Cn1cc(Br)c(=O)[nH]c1=O)C(=O)O. The highest BCUT2D eigenvalue weighted by Gasteiger charge is 2.14. The number of hydrogen-bond acceptors (Lipinski definition) is 4. The van der Waals surface area contributed by atoms with Gasteiger partial charge in [-0.15, -0.1) is 0 Å². The molecule has 1 amide bonds. The molecule has 98 valence electrons. The van der Waals surface area contributed by atoms with Crippen molar-refractivity contribution < 1.29 is 14.7 Å². The highest BCUT2D eigenvalue weighted by atomic mass is 79.9. The summed E-state index contributed by atoms with van der Waals surface area (Å²) in [7, 11) is 0. The van der Waals surface area contributed by atoms with E-state index in [2.05, 4.69) is 21.2 Å². The van der Waals surface area contributed by atoms with Crippen molar-refractivity contribution in [2.75, 3.05) is 0 Å². The van der Waals surface area contributed by atoms with E-state index in [9.17, 15) is 19.2 Å². The average molecular weight is 320 g/mol. The summed E-state index contributed by atoms with van der Waals surface area (Å²) in [4.78, 5) is 46.3. The summed E-state index contributed by atoms with van der Waals surface area (Å²) in [6, 6.07) is -1.06. The number of hydrogen-bond donors (Lipinski definition) is 3. The van der Waals surface area contributed by atoms with Gasteiger partial charge in [-0.25, -0.2) is 4.79 Å². The normalized spacial score (nSPS) is 11.9. The van der Waals surface area contributed by atoms with Crippen LogP contribution in [0, 0.1) is 0 Å². The second-order valence-corrected chi connectivity index (χ2v) is 4.35. The summed E-state index contributed by atoms with van der Waals surface area (Å²) < 4.78 is 1.05. The van der Waals surface area contributed by atoms with Crippen LogP contribution in [0.2, 0.25) is 0 Å². The molecule has 0 unspecified atom stereocenters. The molecular weight excluding hydrogens is 310 g/mol. The van der Waals surface area contributed by atoms with E-state index in [1.54, 1.807) is 0 Å². The summed E-state index contributed by atoms with van der Waals surface area (Å²) >= 11 is 2.91. The van der Waals surface area contributed by atoms with Crippen LogP contribution in [-0.2, 0) is 16.1 Å². The Bertz CT molecular complexity index is 591. The lowest BCUT2D eigenvalue weighted by atomic mass is 10.3. The van der Waals surface area contributed by atoms with Gasteiger partial charge < -0.3 is 10.4 Å². The van der Waals surface area contributed by atoms with Gasteiger partial charge in [0.05, 0.1) is 4.47 Å². The molecule has 0 fully saturated rings. The Morgan fingerprint density at radius 2 is 2.17 bits per heavy atom. The van der Waals surface area contributed by atoms with Crippen LogP contribution in [0.5, 0.6) is 0 Å². The van der Waals surface area contributed by atoms with E-state index in [4.69, 9.17) is 5.11 Å². The van der Waals surface area contributed by atoms with E-state index in [0.29, 0.717) is 0 Å². The van der Waals surface area contributed by atoms with E-state index in [0.717, 1.165) is 10.8 Å². The van der Waals surface area contributed by atoms with E-state index >= 15 is 0 Å².